The van der Waals surface area contributed by atoms with Gasteiger partial charge in [0, 0.05) is 11.0 Å². The normalized spacial score (nSPS) is 12.6. The van der Waals surface area contributed by atoms with Crippen LogP contribution in [0.4, 0.5) is 0 Å². The van der Waals surface area contributed by atoms with E-state index >= 15 is 0 Å². The molecule has 0 saturated carbocycles. The smallest absolute Gasteiger partial charge is 0.331 e. The summed E-state index contributed by atoms with van der Waals surface area (Å²) < 4.78 is 0. The number of aromatic nitrogens is 2. The van der Waals surface area contributed by atoms with Gasteiger partial charge in [-0.15, -0.1) is 0 Å². The standard InChI is InChI=1S/C27H24N2O2/c1-3-24(20-7-5-4-6-8-20)26(22-13-14-25-23(16-22)17-28-29-25)21-11-9-19(10-12-21)15-18(2)27(30)31/h4-17H,3H2,1-2H3,(H,28,29)(H,30,31)/b18-15?,26-24+. The maximum atomic E-state index is 11.2. The number of H-pyrrole nitrogens is 1. The predicted octanol–water partition coefficient (Wildman–Crippen LogP) is 6.42. The van der Waals surface area contributed by atoms with Crippen molar-refractivity contribution in [2.75, 3.05) is 0 Å². The van der Waals surface area contributed by atoms with Gasteiger partial charge in [-0.2, -0.15) is 5.10 Å². The number of hydrogen-bond acceptors (Lipinski definition) is 2. The Kier molecular flexibility index (Phi) is 5.80. The van der Waals surface area contributed by atoms with Crippen LogP contribution in [0.15, 0.2) is 84.6 Å². The van der Waals surface area contributed by atoms with Gasteiger partial charge in [-0.1, -0.05) is 67.6 Å². The Hall–Kier alpha value is -3.92. The number of aromatic amines is 1. The number of carboxylic acids is 1. The third-order valence-electron chi connectivity index (χ3n) is 5.43. The van der Waals surface area contributed by atoms with E-state index in [1.54, 1.807) is 13.0 Å². The molecule has 0 aliphatic heterocycles. The molecule has 0 saturated heterocycles. The first kappa shape index (κ1) is 20.4. The van der Waals surface area contributed by atoms with Gasteiger partial charge in [0.25, 0.3) is 0 Å². The molecule has 154 valence electrons. The quantitative estimate of drug-likeness (QED) is 0.286. The first-order valence-electron chi connectivity index (χ1n) is 10.3. The molecule has 1 aromatic heterocycles. The van der Waals surface area contributed by atoms with Crippen LogP contribution in [-0.2, 0) is 4.79 Å². The maximum absolute atomic E-state index is 11.2. The number of fused-ring (bicyclic) bond motifs is 1. The predicted molar refractivity (Wildman–Crippen MR) is 126 cm³/mol. The molecule has 4 nitrogen and oxygen atoms in total. The molecule has 0 aliphatic rings. The summed E-state index contributed by atoms with van der Waals surface area (Å²) in [4.78, 5) is 11.2. The molecule has 0 aliphatic carbocycles. The lowest BCUT2D eigenvalue weighted by Crippen LogP contribution is -1.96. The van der Waals surface area contributed by atoms with Crippen molar-refractivity contribution in [2.24, 2.45) is 0 Å². The highest BCUT2D eigenvalue weighted by Crippen LogP contribution is 2.35. The highest BCUT2D eigenvalue weighted by Gasteiger charge is 2.14. The molecule has 4 aromatic rings. The van der Waals surface area contributed by atoms with Crippen molar-refractivity contribution in [3.63, 3.8) is 0 Å². The van der Waals surface area contributed by atoms with E-state index in [2.05, 4.69) is 71.7 Å². The van der Waals surface area contributed by atoms with Crippen LogP contribution in [0.5, 0.6) is 0 Å². The summed E-state index contributed by atoms with van der Waals surface area (Å²) in [5.74, 6) is -0.907. The molecule has 0 fully saturated rings. The van der Waals surface area contributed by atoms with Crippen molar-refractivity contribution in [1.82, 2.24) is 10.2 Å². The van der Waals surface area contributed by atoms with Gasteiger partial charge in [0.05, 0.1) is 11.7 Å². The summed E-state index contributed by atoms with van der Waals surface area (Å²) >= 11 is 0. The Morgan fingerprint density at radius 3 is 2.35 bits per heavy atom. The minimum absolute atomic E-state index is 0.312. The topological polar surface area (TPSA) is 66.0 Å². The first-order valence-corrected chi connectivity index (χ1v) is 10.3. The van der Waals surface area contributed by atoms with Crippen LogP contribution in [0.3, 0.4) is 0 Å². The molecular weight excluding hydrogens is 384 g/mol. The van der Waals surface area contributed by atoms with Crippen molar-refractivity contribution >= 4 is 34.1 Å². The largest absolute Gasteiger partial charge is 0.478 e. The van der Waals surface area contributed by atoms with Gasteiger partial charge in [0.15, 0.2) is 0 Å². The minimum atomic E-state index is -0.907. The Morgan fingerprint density at radius 1 is 0.968 bits per heavy atom. The number of nitrogens with zero attached hydrogens (tertiary/aromatic N) is 1. The molecule has 0 amide bonds. The second kappa shape index (κ2) is 8.84. The number of benzene rings is 3. The molecule has 4 heteroatoms. The Labute approximate surface area is 181 Å². The van der Waals surface area contributed by atoms with E-state index < -0.39 is 5.97 Å². The number of carboxylic acid groups (broad SMARTS) is 1. The van der Waals surface area contributed by atoms with Crippen molar-refractivity contribution in [3.8, 4) is 0 Å². The molecule has 4 rings (SSSR count). The number of hydrogen-bond donors (Lipinski definition) is 2. The van der Waals surface area contributed by atoms with Crippen molar-refractivity contribution in [1.29, 1.82) is 0 Å². The Morgan fingerprint density at radius 2 is 1.68 bits per heavy atom. The lowest BCUT2D eigenvalue weighted by atomic mass is 9.87. The van der Waals surface area contributed by atoms with Crippen molar-refractivity contribution in [2.45, 2.75) is 20.3 Å². The van der Waals surface area contributed by atoms with Gasteiger partial charge in [-0.05, 0) is 65.0 Å². The third kappa shape index (κ3) is 4.33. The van der Waals surface area contributed by atoms with E-state index in [-0.39, 0.29) is 0 Å². The molecule has 3 aromatic carbocycles. The van der Waals surface area contributed by atoms with Gasteiger partial charge in [-0.3, -0.25) is 5.10 Å². The maximum Gasteiger partial charge on any atom is 0.331 e. The molecule has 0 spiro atoms. The van der Waals surface area contributed by atoms with Crippen LogP contribution in [0.2, 0.25) is 0 Å². The van der Waals surface area contributed by atoms with Crippen LogP contribution in [0.25, 0.3) is 28.1 Å². The molecular formula is C27H24N2O2. The van der Waals surface area contributed by atoms with Crippen LogP contribution in [-0.4, -0.2) is 21.3 Å². The molecule has 2 N–H and O–H groups in total. The van der Waals surface area contributed by atoms with Gasteiger partial charge in [-0.25, -0.2) is 4.79 Å². The average molecular weight is 409 g/mol. The van der Waals surface area contributed by atoms with E-state index in [0.29, 0.717) is 5.57 Å². The minimum Gasteiger partial charge on any atom is -0.478 e. The summed E-state index contributed by atoms with van der Waals surface area (Å²) in [5.41, 5.74) is 8.02. The van der Waals surface area contributed by atoms with Gasteiger partial charge < -0.3 is 5.11 Å². The van der Waals surface area contributed by atoms with Crippen LogP contribution in [0.1, 0.15) is 42.5 Å². The molecule has 31 heavy (non-hydrogen) atoms. The zero-order chi connectivity index (χ0) is 21.8. The fourth-order valence-electron chi connectivity index (χ4n) is 3.84. The molecule has 1 heterocycles. The van der Waals surface area contributed by atoms with E-state index in [1.807, 2.05) is 24.4 Å². The summed E-state index contributed by atoms with van der Waals surface area (Å²) in [6.45, 7) is 3.78. The molecule has 0 radical (unpaired) electrons. The molecule has 0 bridgehead atoms. The van der Waals surface area contributed by atoms with E-state index in [0.717, 1.165) is 34.0 Å². The SMILES string of the molecule is CC/C(=C(/c1ccc(C=C(C)C(=O)O)cc1)c1ccc2[nH]ncc2c1)c1ccccc1. The van der Waals surface area contributed by atoms with Gasteiger partial charge in [0.1, 0.15) is 0 Å². The second-order valence-electron chi connectivity index (χ2n) is 7.50. The van der Waals surface area contributed by atoms with Gasteiger partial charge in [0.2, 0.25) is 0 Å². The second-order valence-corrected chi connectivity index (χ2v) is 7.50. The van der Waals surface area contributed by atoms with Crippen LogP contribution in [0, 0.1) is 0 Å². The zero-order valence-electron chi connectivity index (χ0n) is 17.6. The number of aliphatic carboxylic acids is 1. The Bertz CT molecular complexity index is 1280. The van der Waals surface area contributed by atoms with E-state index in [1.165, 1.54) is 16.7 Å². The van der Waals surface area contributed by atoms with E-state index in [4.69, 9.17) is 5.11 Å². The monoisotopic (exact) mass is 408 g/mol. The number of allylic oxidation sites excluding steroid dienone is 1. The average Bonchev–Trinajstić information content (AvgIpc) is 3.26. The van der Waals surface area contributed by atoms with Crippen molar-refractivity contribution in [3.05, 3.63) is 107 Å². The number of nitrogens with one attached hydrogen (secondary N) is 1. The van der Waals surface area contributed by atoms with Gasteiger partial charge >= 0.3 is 5.97 Å². The fraction of sp³-hybridized carbons (Fsp3) is 0.111. The van der Waals surface area contributed by atoms with E-state index in [9.17, 15) is 4.79 Å². The summed E-state index contributed by atoms with van der Waals surface area (Å²) in [5, 5.41) is 17.4. The highest BCUT2D eigenvalue weighted by molar-refractivity contribution is 6.00. The summed E-state index contributed by atoms with van der Waals surface area (Å²) in [7, 11) is 0. The third-order valence-corrected chi connectivity index (χ3v) is 5.43. The zero-order valence-corrected chi connectivity index (χ0v) is 17.6. The molecule has 0 atom stereocenters. The summed E-state index contributed by atoms with van der Waals surface area (Å²) in [6, 6.07) is 24.8. The summed E-state index contributed by atoms with van der Waals surface area (Å²) in [6.07, 6.45) is 4.40. The number of rotatable bonds is 6. The molecule has 0 unspecified atom stereocenters. The van der Waals surface area contributed by atoms with Crippen molar-refractivity contribution < 1.29 is 9.90 Å². The fourth-order valence-corrected chi connectivity index (χ4v) is 3.84. The van der Waals surface area contributed by atoms with Crippen LogP contribution < -0.4 is 0 Å². The first-order chi connectivity index (χ1) is 15.1. The number of carbonyl (C=O) groups is 1. The Balaban J connectivity index is 1.89. The lowest BCUT2D eigenvalue weighted by molar-refractivity contribution is -0.132. The lowest BCUT2D eigenvalue weighted by Gasteiger charge is -2.17. The van der Waals surface area contributed by atoms with Crippen LogP contribution >= 0.6 is 0 Å². The highest BCUT2D eigenvalue weighted by atomic mass is 16.4.